The number of rotatable bonds is 2. The SMILES string of the molecule is Cc1ccnc(N2CCC(S(C)(=O)=O)CC2)c1. The Morgan fingerprint density at radius 1 is 1.35 bits per heavy atom. The highest BCUT2D eigenvalue weighted by molar-refractivity contribution is 7.91. The van der Waals surface area contributed by atoms with Gasteiger partial charge in [-0.25, -0.2) is 13.4 Å². The highest BCUT2D eigenvalue weighted by atomic mass is 32.2. The molecule has 17 heavy (non-hydrogen) atoms. The maximum atomic E-state index is 11.4. The molecule has 5 heteroatoms. The molecule has 1 aliphatic rings. The van der Waals surface area contributed by atoms with E-state index in [1.165, 1.54) is 11.8 Å². The van der Waals surface area contributed by atoms with Gasteiger partial charge in [-0.05, 0) is 37.5 Å². The number of aromatic nitrogens is 1. The van der Waals surface area contributed by atoms with Gasteiger partial charge in [-0.15, -0.1) is 0 Å². The smallest absolute Gasteiger partial charge is 0.150 e. The van der Waals surface area contributed by atoms with Crippen molar-refractivity contribution in [2.75, 3.05) is 24.2 Å². The lowest BCUT2D eigenvalue weighted by Crippen LogP contribution is -2.39. The average molecular weight is 254 g/mol. The van der Waals surface area contributed by atoms with Crippen LogP contribution in [0.15, 0.2) is 18.3 Å². The summed E-state index contributed by atoms with van der Waals surface area (Å²) in [7, 11) is -2.89. The number of hydrogen-bond donors (Lipinski definition) is 0. The molecular weight excluding hydrogens is 236 g/mol. The van der Waals surface area contributed by atoms with Gasteiger partial charge in [-0.2, -0.15) is 0 Å². The van der Waals surface area contributed by atoms with Crippen molar-refractivity contribution in [3.8, 4) is 0 Å². The number of nitrogens with zero attached hydrogens (tertiary/aromatic N) is 2. The molecule has 0 aliphatic carbocycles. The van der Waals surface area contributed by atoms with Gasteiger partial charge in [0.1, 0.15) is 15.7 Å². The summed E-state index contributed by atoms with van der Waals surface area (Å²) in [5.41, 5.74) is 1.18. The van der Waals surface area contributed by atoms with Gasteiger partial charge in [0, 0.05) is 25.5 Å². The molecule has 0 unspecified atom stereocenters. The quantitative estimate of drug-likeness (QED) is 0.800. The Balaban J connectivity index is 2.05. The second-order valence-corrected chi connectivity index (χ2v) is 7.03. The first-order valence-corrected chi connectivity index (χ1v) is 7.79. The Morgan fingerprint density at radius 2 is 2.00 bits per heavy atom. The van der Waals surface area contributed by atoms with E-state index in [0.717, 1.165) is 18.9 Å². The normalized spacial score (nSPS) is 18.4. The van der Waals surface area contributed by atoms with Crippen molar-refractivity contribution in [2.24, 2.45) is 0 Å². The van der Waals surface area contributed by atoms with E-state index in [4.69, 9.17) is 0 Å². The van der Waals surface area contributed by atoms with E-state index in [0.29, 0.717) is 12.8 Å². The van der Waals surface area contributed by atoms with Gasteiger partial charge in [0.15, 0.2) is 0 Å². The van der Waals surface area contributed by atoms with Gasteiger partial charge >= 0.3 is 0 Å². The topological polar surface area (TPSA) is 50.3 Å². The Morgan fingerprint density at radius 3 is 2.53 bits per heavy atom. The Hall–Kier alpha value is -1.10. The summed E-state index contributed by atoms with van der Waals surface area (Å²) in [4.78, 5) is 6.49. The lowest BCUT2D eigenvalue weighted by atomic mass is 10.1. The summed E-state index contributed by atoms with van der Waals surface area (Å²) in [5, 5.41) is -0.177. The molecule has 94 valence electrons. The first-order valence-electron chi connectivity index (χ1n) is 5.83. The Labute approximate surface area is 103 Å². The maximum absolute atomic E-state index is 11.4. The van der Waals surface area contributed by atoms with Crippen molar-refractivity contribution in [2.45, 2.75) is 25.0 Å². The van der Waals surface area contributed by atoms with Crippen molar-refractivity contribution in [1.82, 2.24) is 4.98 Å². The number of sulfone groups is 1. The minimum atomic E-state index is -2.89. The average Bonchev–Trinajstić information content (AvgIpc) is 2.28. The molecule has 0 amide bonds. The van der Waals surface area contributed by atoms with Gasteiger partial charge < -0.3 is 4.90 Å². The minimum Gasteiger partial charge on any atom is -0.357 e. The summed E-state index contributed by atoms with van der Waals surface area (Å²) in [5.74, 6) is 0.956. The second kappa shape index (κ2) is 4.64. The fourth-order valence-corrected chi connectivity index (χ4v) is 3.27. The summed E-state index contributed by atoms with van der Waals surface area (Å²) >= 11 is 0. The zero-order valence-electron chi connectivity index (χ0n) is 10.3. The van der Waals surface area contributed by atoms with E-state index in [2.05, 4.69) is 9.88 Å². The van der Waals surface area contributed by atoms with E-state index in [1.54, 1.807) is 6.20 Å². The van der Waals surface area contributed by atoms with Gasteiger partial charge in [-0.3, -0.25) is 0 Å². The minimum absolute atomic E-state index is 0.177. The van der Waals surface area contributed by atoms with E-state index in [-0.39, 0.29) is 5.25 Å². The van der Waals surface area contributed by atoms with Crippen LogP contribution < -0.4 is 4.90 Å². The molecule has 0 N–H and O–H groups in total. The van der Waals surface area contributed by atoms with Crippen LogP contribution >= 0.6 is 0 Å². The summed E-state index contributed by atoms with van der Waals surface area (Å²) in [6.07, 6.45) is 4.54. The molecule has 1 fully saturated rings. The number of hydrogen-bond acceptors (Lipinski definition) is 4. The van der Waals surface area contributed by atoms with Crippen LogP contribution in [0.25, 0.3) is 0 Å². The molecule has 0 bridgehead atoms. The third-order valence-electron chi connectivity index (χ3n) is 3.27. The van der Waals surface area contributed by atoms with E-state index in [1.807, 2.05) is 19.1 Å². The fraction of sp³-hybridized carbons (Fsp3) is 0.583. The Kier molecular flexibility index (Phi) is 3.38. The lowest BCUT2D eigenvalue weighted by molar-refractivity contribution is 0.532. The molecule has 2 rings (SSSR count). The zero-order valence-corrected chi connectivity index (χ0v) is 11.1. The van der Waals surface area contributed by atoms with Gasteiger partial charge in [0.2, 0.25) is 0 Å². The van der Waals surface area contributed by atoms with E-state index >= 15 is 0 Å². The molecular formula is C12H18N2O2S. The molecule has 1 aromatic rings. The zero-order chi connectivity index (χ0) is 12.5. The van der Waals surface area contributed by atoms with Crippen molar-refractivity contribution < 1.29 is 8.42 Å². The standard InChI is InChI=1S/C12H18N2O2S/c1-10-3-6-13-12(9-10)14-7-4-11(5-8-14)17(2,15)16/h3,6,9,11H,4-5,7-8H2,1-2H3. The summed E-state index contributed by atoms with van der Waals surface area (Å²) < 4.78 is 22.9. The van der Waals surface area contributed by atoms with Crippen LogP contribution in [-0.2, 0) is 9.84 Å². The monoisotopic (exact) mass is 254 g/mol. The van der Waals surface area contributed by atoms with Crippen molar-refractivity contribution in [1.29, 1.82) is 0 Å². The third kappa shape index (κ3) is 2.97. The van der Waals surface area contributed by atoms with E-state index < -0.39 is 9.84 Å². The fourth-order valence-electron chi connectivity index (χ4n) is 2.21. The van der Waals surface area contributed by atoms with Crippen molar-refractivity contribution >= 4 is 15.7 Å². The van der Waals surface area contributed by atoms with Crippen LogP contribution in [-0.4, -0.2) is 38.0 Å². The van der Waals surface area contributed by atoms with Gasteiger partial charge in [0.05, 0.1) is 5.25 Å². The maximum Gasteiger partial charge on any atom is 0.150 e. The van der Waals surface area contributed by atoms with Gasteiger partial charge in [-0.1, -0.05) is 0 Å². The molecule has 0 radical (unpaired) electrons. The lowest BCUT2D eigenvalue weighted by Gasteiger charge is -2.32. The number of piperidine rings is 1. The van der Waals surface area contributed by atoms with Crippen LogP contribution in [0.5, 0.6) is 0 Å². The molecule has 1 saturated heterocycles. The predicted molar refractivity (Wildman–Crippen MR) is 69.1 cm³/mol. The van der Waals surface area contributed by atoms with Gasteiger partial charge in [0.25, 0.3) is 0 Å². The van der Waals surface area contributed by atoms with Crippen molar-refractivity contribution in [3.63, 3.8) is 0 Å². The number of pyridine rings is 1. The van der Waals surface area contributed by atoms with Crippen LogP contribution in [0.2, 0.25) is 0 Å². The first-order chi connectivity index (χ1) is 7.97. The number of aryl methyl sites for hydroxylation is 1. The third-order valence-corrected chi connectivity index (χ3v) is 4.95. The molecule has 0 saturated carbocycles. The Bertz CT molecular complexity index is 491. The molecule has 0 spiro atoms. The predicted octanol–water partition coefficient (Wildman–Crippen LogP) is 1.40. The molecule has 2 heterocycles. The van der Waals surface area contributed by atoms with Crippen LogP contribution in [0, 0.1) is 6.92 Å². The first kappa shape index (κ1) is 12.4. The summed E-state index contributed by atoms with van der Waals surface area (Å²) in [6, 6.07) is 4.01. The molecule has 4 nitrogen and oxygen atoms in total. The molecule has 0 aromatic carbocycles. The van der Waals surface area contributed by atoms with Crippen LogP contribution in [0.4, 0.5) is 5.82 Å². The van der Waals surface area contributed by atoms with Crippen LogP contribution in [0.3, 0.4) is 0 Å². The molecule has 1 aromatic heterocycles. The highest BCUT2D eigenvalue weighted by Crippen LogP contribution is 2.21. The summed E-state index contributed by atoms with van der Waals surface area (Å²) in [6.45, 7) is 3.58. The van der Waals surface area contributed by atoms with Crippen molar-refractivity contribution in [3.05, 3.63) is 23.9 Å². The van der Waals surface area contributed by atoms with E-state index in [9.17, 15) is 8.42 Å². The molecule has 0 atom stereocenters. The molecule has 1 aliphatic heterocycles. The van der Waals surface area contributed by atoms with Crippen LogP contribution in [0.1, 0.15) is 18.4 Å². The highest BCUT2D eigenvalue weighted by Gasteiger charge is 2.26. The number of anilines is 1. The second-order valence-electron chi connectivity index (χ2n) is 4.71. The largest absolute Gasteiger partial charge is 0.357 e.